The Labute approximate surface area is 154 Å². The minimum absolute atomic E-state index is 0.0107. The van der Waals surface area contributed by atoms with Crippen LogP contribution in [0.2, 0.25) is 0 Å². The number of hydrogen-bond donors (Lipinski definition) is 1. The summed E-state index contributed by atoms with van der Waals surface area (Å²) in [7, 11) is 1.31. The van der Waals surface area contributed by atoms with Gasteiger partial charge in [0.15, 0.2) is 0 Å². The number of fused-ring (bicyclic) bond motifs is 1. The average Bonchev–Trinajstić information content (AvgIpc) is 3.09. The van der Waals surface area contributed by atoms with Gasteiger partial charge in [0, 0.05) is 25.0 Å². The molecule has 1 saturated heterocycles. The number of carbonyl (C=O) groups is 2. The largest absolute Gasteiger partial charge is 0.453 e. The van der Waals surface area contributed by atoms with Gasteiger partial charge in [-0.2, -0.15) is 13.2 Å². The molecule has 3 atom stereocenters. The standard InChI is InChI=1S/C19H21F3N2O3/c1-27-18(26)23-13-6-11(7-13)17(25)24-8-14-15(9-24)16(14)10-2-4-12(5-3-10)19(20,21)22/h2-5,11,13-16H,6-9H2,1H3,(H,23,26)/t11?,13?,14-,15+,16?. The maximum Gasteiger partial charge on any atom is 0.416 e. The summed E-state index contributed by atoms with van der Waals surface area (Å²) in [4.78, 5) is 25.6. The summed E-state index contributed by atoms with van der Waals surface area (Å²) in [5.41, 5.74) is 0.296. The van der Waals surface area contributed by atoms with Crippen molar-refractivity contribution in [3.8, 4) is 0 Å². The zero-order chi connectivity index (χ0) is 19.3. The number of piperidine rings is 1. The van der Waals surface area contributed by atoms with E-state index in [0.717, 1.165) is 17.7 Å². The second-order valence-electron chi connectivity index (χ2n) is 7.72. The van der Waals surface area contributed by atoms with E-state index in [9.17, 15) is 22.8 Å². The highest BCUT2D eigenvalue weighted by Gasteiger charge is 2.57. The third-order valence-corrected chi connectivity index (χ3v) is 6.12. The third kappa shape index (κ3) is 3.37. The highest BCUT2D eigenvalue weighted by Crippen LogP contribution is 2.58. The molecule has 146 valence electrons. The summed E-state index contributed by atoms with van der Waals surface area (Å²) in [5.74, 6) is 1.00. The van der Waals surface area contributed by atoms with Gasteiger partial charge in [0.1, 0.15) is 0 Å². The van der Waals surface area contributed by atoms with Crippen LogP contribution in [0.3, 0.4) is 0 Å². The summed E-state index contributed by atoms with van der Waals surface area (Å²) in [5, 5.41) is 2.69. The second kappa shape index (κ2) is 6.42. The predicted octanol–water partition coefficient (Wildman–Crippen LogP) is 3.01. The second-order valence-corrected chi connectivity index (χ2v) is 7.72. The molecule has 3 aliphatic rings. The highest BCUT2D eigenvalue weighted by molar-refractivity contribution is 5.81. The number of alkyl halides is 3. The molecule has 5 nitrogen and oxygen atoms in total. The molecule has 2 aliphatic carbocycles. The number of nitrogens with one attached hydrogen (secondary N) is 1. The lowest BCUT2D eigenvalue weighted by atomic mass is 9.79. The molecule has 1 aromatic rings. The summed E-state index contributed by atoms with van der Waals surface area (Å²) < 4.78 is 42.5. The molecule has 2 amide bonds. The summed E-state index contributed by atoms with van der Waals surface area (Å²) in [6.07, 6.45) is -3.54. The number of ether oxygens (including phenoxy) is 1. The van der Waals surface area contributed by atoms with Gasteiger partial charge in [-0.25, -0.2) is 4.79 Å². The van der Waals surface area contributed by atoms with E-state index < -0.39 is 17.8 Å². The maximum atomic E-state index is 12.7. The summed E-state index contributed by atoms with van der Waals surface area (Å²) >= 11 is 0. The van der Waals surface area contributed by atoms with Crippen molar-refractivity contribution in [2.75, 3.05) is 20.2 Å². The van der Waals surface area contributed by atoms with Crippen LogP contribution < -0.4 is 5.32 Å². The topological polar surface area (TPSA) is 58.6 Å². The van der Waals surface area contributed by atoms with E-state index >= 15 is 0 Å². The molecule has 2 saturated carbocycles. The number of benzene rings is 1. The Morgan fingerprint density at radius 2 is 1.70 bits per heavy atom. The first-order valence-corrected chi connectivity index (χ1v) is 9.08. The van der Waals surface area contributed by atoms with Crippen molar-refractivity contribution in [2.24, 2.45) is 17.8 Å². The van der Waals surface area contributed by atoms with Gasteiger partial charge < -0.3 is 15.0 Å². The zero-order valence-electron chi connectivity index (χ0n) is 14.8. The highest BCUT2D eigenvalue weighted by atomic mass is 19.4. The number of halogens is 3. The van der Waals surface area contributed by atoms with E-state index in [0.29, 0.717) is 37.8 Å². The molecule has 1 N–H and O–H groups in total. The van der Waals surface area contributed by atoms with Crippen LogP contribution in [0.25, 0.3) is 0 Å². The van der Waals surface area contributed by atoms with Gasteiger partial charge in [-0.15, -0.1) is 0 Å². The first-order valence-electron chi connectivity index (χ1n) is 9.08. The van der Waals surface area contributed by atoms with E-state index in [1.165, 1.54) is 7.11 Å². The zero-order valence-corrected chi connectivity index (χ0v) is 14.8. The van der Waals surface area contributed by atoms with E-state index in [1.807, 2.05) is 4.90 Å². The Balaban J connectivity index is 1.27. The number of alkyl carbamates (subject to hydrolysis) is 1. The quantitative estimate of drug-likeness (QED) is 0.874. The lowest BCUT2D eigenvalue weighted by Gasteiger charge is -2.37. The minimum Gasteiger partial charge on any atom is -0.453 e. The lowest BCUT2D eigenvalue weighted by Crippen LogP contribution is -2.50. The predicted molar refractivity (Wildman–Crippen MR) is 89.8 cm³/mol. The van der Waals surface area contributed by atoms with E-state index in [2.05, 4.69) is 10.1 Å². The maximum absolute atomic E-state index is 12.7. The van der Waals surface area contributed by atoms with Crippen LogP contribution in [0.15, 0.2) is 24.3 Å². The van der Waals surface area contributed by atoms with Gasteiger partial charge in [-0.05, 0) is 48.3 Å². The normalized spacial score (nSPS) is 31.7. The summed E-state index contributed by atoms with van der Waals surface area (Å²) in [6, 6.07) is 5.38. The third-order valence-electron chi connectivity index (χ3n) is 6.12. The molecule has 4 rings (SSSR count). The smallest absolute Gasteiger partial charge is 0.416 e. The van der Waals surface area contributed by atoms with Crippen molar-refractivity contribution in [2.45, 2.75) is 31.0 Å². The average molecular weight is 382 g/mol. The molecule has 27 heavy (non-hydrogen) atoms. The van der Waals surface area contributed by atoms with Gasteiger partial charge in [0.05, 0.1) is 12.7 Å². The molecule has 1 heterocycles. The molecule has 1 aliphatic heterocycles. The Morgan fingerprint density at radius 1 is 1.11 bits per heavy atom. The number of likely N-dealkylation sites (tertiary alicyclic amines) is 1. The van der Waals surface area contributed by atoms with Gasteiger partial charge in [0.2, 0.25) is 5.91 Å². The fraction of sp³-hybridized carbons (Fsp3) is 0.579. The van der Waals surface area contributed by atoms with Crippen molar-refractivity contribution in [3.05, 3.63) is 35.4 Å². The molecule has 1 aromatic carbocycles. The molecular weight excluding hydrogens is 361 g/mol. The Kier molecular flexibility index (Phi) is 4.31. The number of nitrogens with zero attached hydrogens (tertiary/aromatic N) is 1. The fourth-order valence-electron chi connectivity index (χ4n) is 4.52. The minimum atomic E-state index is -4.31. The van der Waals surface area contributed by atoms with Crippen molar-refractivity contribution in [1.29, 1.82) is 0 Å². The number of hydrogen-bond acceptors (Lipinski definition) is 3. The lowest BCUT2D eigenvalue weighted by molar-refractivity contribution is -0.139. The van der Waals surface area contributed by atoms with Gasteiger partial charge in [-0.1, -0.05) is 12.1 Å². The van der Waals surface area contributed by atoms with Crippen LogP contribution in [0.4, 0.5) is 18.0 Å². The molecule has 0 radical (unpaired) electrons. The monoisotopic (exact) mass is 382 g/mol. The molecule has 0 aromatic heterocycles. The van der Waals surface area contributed by atoms with Gasteiger partial charge in [0.25, 0.3) is 0 Å². The van der Waals surface area contributed by atoms with Crippen LogP contribution in [0.5, 0.6) is 0 Å². The Bertz CT molecular complexity index is 732. The van der Waals surface area contributed by atoms with Crippen LogP contribution in [-0.4, -0.2) is 43.1 Å². The van der Waals surface area contributed by atoms with Crippen LogP contribution >= 0.6 is 0 Å². The van der Waals surface area contributed by atoms with Crippen LogP contribution in [-0.2, 0) is 15.7 Å². The Morgan fingerprint density at radius 3 is 2.22 bits per heavy atom. The van der Waals surface area contributed by atoms with Crippen molar-refractivity contribution in [3.63, 3.8) is 0 Å². The Hall–Kier alpha value is -2.25. The van der Waals surface area contributed by atoms with E-state index in [1.54, 1.807) is 12.1 Å². The number of carbonyl (C=O) groups excluding carboxylic acids is 2. The van der Waals surface area contributed by atoms with Crippen molar-refractivity contribution < 1.29 is 27.5 Å². The first-order chi connectivity index (χ1) is 12.8. The van der Waals surface area contributed by atoms with Gasteiger partial charge in [-0.3, -0.25) is 4.79 Å². The van der Waals surface area contributed by atoms with Crippen LogP contribution in [0, 0.1) is 17.8 Å². The van der Waals surface area contributed by atoms with E-state index in [4.69, 9.17) is 0 Å². The molecule has 3 fully saturated rings. The number of methoxy groups -OCH3 is 1. The SMILES string of the molecule is COC(=O)NC1CC(C(=O)N2C[C@@H]3C(c4ccc(C(F)(F)F)cc4)[C@@H]3C2)C1. The number of rotatable bonds is 3. The van der Waals surface area contributed by atoms with Crippen molar-refractivity contribution in [1.82, 2.24) is 10.2 Å². The fourth-order valence-corrected chi connectivity index (χ4v) is 4.52. The van der Waals surface area contributed by atoms with Gasteiger partial charge >= 0.3 is 12.3 Å². The molecule has 0 spiro atoms. The summed E-state index contributed by atoms with van der Waals surface area (Å²) in [6.45, 7) is 1.33. The molecule has 1 unspecified atom stereocenters. The van der Waals surface area contributed by atoms with Crippen LogP contribution in [0.1, 0.15) is 29.9 Å². The first kappa shape index (κ1) is 18.1. The molecule has 8 heteroatoms. The van der Waals surface area contributed by atoms with E-state index in [-0.39, 0.29) is 23.8 Å². The van der Waals surface area contributed by atoms with Crippen molar-refractivity contribution >= 4 is 12.0 Å². The number of amides is 2. The molecular formula is C19H21F3N2O3. The molecule has 0 bridgehead atoms.